The van der Waals surface area contributed by atoms with Gasteiger partial charge in [0.1, 0.15) is 11.6 Å². The number of para-hydroxylation sites is 3. The van der Waals surface area contributed by atoms with Crippen molar-refractivity contribution in [3.63, 3.8) is 0 Å². The van der Waals surface area contributed by atoms with Crippen molar-refractivity contribution in [2.24, 2.45) is 0 Å². The molecule has 1 amide bonds. The highest BCUT2D eigenvalue weighted by atomic mass is 16.5. The summed E-state index contributed by atoms with van der Waals surface area (Å²) in [6, 6.07) is 15.8. The van der Waals surface area contributed by atoms with Gasteiger partial charge in [-0.05, 0) is 50.1 Å². The summed E-state index contributed by atoms with van der Waals surface area (Å²) in [6.07, 6.45) is 2.11. The Morgan fingerprint density at radius 1 is 1.26 bits per heavy atom. The molecule has 0 radical (unpaired) electrons. The van der Waals surface area contributed by atoms with Crippen molar-refractivity contribution in [3.05, 3.63) is 72.6 Å². The maximum atomic E-state index is 11.7. The third-order valence-electron chi connectivity index (χ3n) is 4.49. The Morgan fingerprint density at radius 3 is 2.78 bits per heavy atom. The van der Waals surface area contributed by atoms with E-state index < -0.39 is 0 Å². The van der Waals surface area contributed by atoms with Gasteiger partial charge in [-0.2, -0.15) is 0 Å². The Balaban J connectivity index is 1.74. The molecule has 1 aromatic heterocycles. The highest BCUT2D eigenvalue weighted by molar-refractivity contribution is 5.87. The van der Waals surface area contributed by atoms with Crippen molar-refractivity contribution < 1.29 is 9.53 Å². The highest BCUT2D eigenvalue weighted by Crippen LogP contribution is 2.22. The Kier molecular flexibility index (Phi) is 5.91. The number of rotatable bonds is 8. The number of hydrogen-bond donors (Lipinski definition) is 1. The first kappa shape index (κ1) is 18.7. The van der Waals surface area contributed by atoms with Crippen molar-refractivity contribution in [1.82, 2.24) is 14.9 Å². The number of carbonyl (C=O) groups is 1. The zero-order valence-corrected chi connectivity index (χ0v) is 15.8. The van der Waals surface area contributed by atoms with Gasteiger partial charge < -0.3 is 14.6 Å². The molecule has 3 rings (SSSR count). The fourth-order valence-corrected chi connectivity index (χ4v) is 3.12. The lowest BCUT2D eigenvalue weighted by molar-refractivity contribution is -0.117. The molecule has 0 fully saturated rings. The van der Waals surface area contributed by atoms with Crippen LogP contribution in [0.15, 0.2) is 61.2 Å². The summed E-state index contributed by atoms with van der Waals surface area (Å²) >= 11 is 0. The Labute approximate surface area is 159 Å². The summed E-state index contributed by atoms with van der Waals surface area (Å²) in [5, 5.41) is 2.90. The second-order valence-electron chi connectivity index (χ2n) is 6.51. The number of nitrogens with zero attached hydrogens (tertiary/aromatic N) is 2. The molecular formula is C22H25N3O2. The predicted octanol–water partition coefficient (Wildman–Crippen LogP) is 4.18. The third kappa shape index (κ3) is 4.37. The van der Waals surface area contributed by atoms with Crippen LogP contribution in [0.25, 0.3) is 11.0 Å². The molecule has 0 aliphatic carbocycles. The van der Waals surface area contributed by atoms with Gasteiger partial charge in [0.15, 0.2) is 0 Å². The molecule has 1 atom stereocenters. The molecular weight excluding hydrogens is 338 g/mol. The summed E-state index contributed by atoms with van der Waals surface area (Å²) in [6.45, 7) is 8.86. The number of nitrogens with one attached hydrogen (secondary N) is 1. The molecule has 3 aromatic rings. The van der Waals surface area contributed by atoms with Gasteiger partial charge >= 0.3 is 0 Å². The molecule has 2 aromatic carbocycles. The third-order valence-corrected chi connectivity index (χ3v) is 4.49. The van der Waals surface area contributed by atoms with Crippen LogP contribution in [0.2, 0.25) is 0 Å². The average Bonchev–Trinajstić information content (AvgIpc) is 3.05. The summed E-state index contributed by atoms with van der Waals surface area (Å²) in [4.78, 5) is 16.4. The largest absolute Gasteiger partial charge is 0.493 e. The van der Waals surface area contributed by atoms with E-state index in [1.54, 1.807) is 0 Å². The number of imidazole rings is 1. The van der Waals surface area contributed by atoms with E-state index in [0.29, 0.717) is 6.61 Å². The molecule has 0 saturated carbocycles. The molecule has 5 heteroatoms. The number of aromatic nitrogens is 2. The van der Waals surface area contributed by atoms with Gasteiger partial charge in [-0.25, -0.2) is 4.98 Å². The molecule has 1 unspecified atom stereocenters. The van der Waals surface area contributed by atoms with Gasteiger partial charge in [0, 0.05) is 6.54 Å². The van der Waals surface area contributed by atoms with Crippen LogP contribution in [0, 0.1) is 6.92 Å². The van der Waals surface area contributed by atoms with E-state index in [0.717, 1.165) is 41.1 Å². The molecule has 5 nitrogen and oxygen atoms in total. The molecule has 1 heterocycles. The van der Waals surface area contributed by atoms with Gasteiger partial charge in [0.2, 0.25) is 5.91 Å². The second kappa shape index (κ2) is 8.54. The maximum Gasteiger partial charge on any atom is 0.243 e. The minimum atomic E-state index is -0.208. The zero-order valence-electron chi connectivity index (χ0n) is 15.8. The summed E-state index contributed by atoms with van der Waals surface area (Å²) in [5.74, 6) is 1.55. The van der Waals surface area contributed by atoms with E-state index >= 15 is 0 Å². The van der Waals surface area contributed by atoms with Crippen LogP contribution < -0.4 is 10.1 Å². The molecule has 0 spiro atoms. The summed E-state index contributed by atoms with van der Waals surface area (Å²) in [7, 11) is 0. The SMILES string of the molecule is C=CC(=O)NC(C)c1nc2ccccc2n1CCCOc1ccccc1C. The van der Waals surface area contributed by atoms with Crippen LogP contribution >= 0.6 is 0 Å². The lowest BCUT2D eigenvalue weighted by Gasteiger charge is -2.16. The van der Waals surface area contributed by atoms with Gasteiger partial charge in [0.25, 0.3) is 0 Å². The molecule has 0 aliphatic heterocycles. The monoisotopic (exact) mass is 363 g/mol. The van der Waals surface area contributed by atoms with Gasteiger partial charge in [0.05, 0.1) is 23.7 Å². The van der Waals surface area contributed by atoms with E-state index in [9.17, 15) is 4.79 Å². The first-order valence-electron chi connectivity index (χ1n) is 9.16. The van der Waals surface area contributed by atoms with Crippen molar-refractivity contribution in [1.29, 1.82) is 0 Å². The minimum Gasteiger partial charge on any atom is -0.493 e. The standard InChI is InChI=1S/C22H25N3O2/c1-4-21(26)23-17(3)22-24-18-11-6-7-12-19(18)25(22)14-9-15-27-20-13-8-5-10-16(20)2/h4-8,10-13,17H,1,9,14-15H2,2-3H3,(H,23,26). The van der Waals surface area contributed by atoms with Crippen LogP contribution in [-0.4, -0.2) is 22.1 Å². The summed E-state index contributed by atoms with van der Waals surface area (Å²) < 4.78 is 8.07. The minimum absolute atomic E-state index is 0.205. The van der Waals surface area contributed by atoms with Crippen LogP contribution in [0.3, 0.4) is 0 Å². The number of aryl methyl sites for hydroxylation is 2. The van der Waals surface area contributed by atoms with E-state index in [1.807, 2.05) is 56.3 Å². The van der Waals surface area contributed by atoms with Crippen molar-refractivity contribution in [2.75, 3.05) is 6.61 Å². The number of carbonyl (C=O) groups excluding carboxylic acids is 1. The molecule has 0 bridgehead atoms. The quantitative estimate of drug-likeness (QED) is 0.482. The fraction of sp³-hybridized carbons (Fsp3) is 0.273. The lowest BCUT2D eigenvalue weighted by atomic mass is 10.2. The molecule has 0 aliphatic rings. The van der Waals surface area contributed by atoms with E-state index in [-0.39, 0.29) is 11.9 Å². The second-order valence-corrected chi connectivity index (χ2v) is 6.51. The van der Waals surface area contributed by atoms with Crippen LogP contribution in [0.1, 0.15) is 30.8 Å². The van der Waals surface area contributed by atoms with Gasteiger partial charge in [-0.3, -0.25) is 4.79 Å². The number of ether oxygens (including phenoxy) is 1. The maximum absolute atomic E-state index is 11.7. The number of fused-ring (bicyclic) bond motifs is 1. The normalized spacial score (nSPS) is 11.9. The fourth-order valence-electron chi connectivity index (χ4n) is 3.12. The van der Waals surface area contributed by atoms with E-state index in [4.69, 9.17) is 9.72 Å². The first-order chi connectivity index (χ1) is 13.1. The van der Waals surface area contributed by atoms with Crippen molar-refractivity contribution in [2.45, 2.75) is 32.9 Å². The molecule has 0 saturated heterocycles. The number of hydrogen-bond acceptors (Lipinski definition) is 3. The Hall–Kier alpha value is -3.08. The first-order valence-corrected chi connectivity index (χ1v) is 9.16. The highest BCUT2D eigenvalue weighted by Gasteiger charge is 2.17. The zero-order chi connectivity index (χ0) is 19.2. The van der Waals surface area contributed by atoms with Gasteiger partial charge in [-0.15, -0.1) is 0 Å². The number of amides is 1. The molecule has 1 N–H and O–H groups in total. The topological polar surface area (TPSA) is 56.2 Å². The van der Waals surface area contributed by atoms with Crippen molar-refractivity contribution >= 4 is 16.9 Å². The van der Waals surface area contributed by atoms with Crippen molar-refractivity contribution in [3.8, 4) is 5.75 Å². The lowest BCUT2D eigenvalue weighted by Crippen LogP contribution is -2.27. The van der Waals surface area contributed by atoms with Gasteiger partial charge in [-0.1, -0.05) is 36.9 Å². The van der Waals surface area contributed by atoms with E-state index in [1.165, 1.54) is 6.08 Å². The number of benzene rings is 2. The van der Waals surface area contributed by atoms with Crippen LogP contribution in [-0.2, 0) is 11.3 Å². The molecule has 140 valence electrons. The average molecular weight is 363 g/mol. The smallest absolute Gasteiger partial charge is 0.243 e. The Morgan fingerprint density at radius 2 is 2.00 bits per heavy atom. The summed E-state index contributed by atoms with van der Waals surface area (Å²) in [5.41, 5.74) is 3.11. The van der Waals surface area contributed by atoms with Crippen LogP contribution in [0.5, 0.6) is 5.75 Å². The Bertz CT molecular complexity index is 946. The van der Waals surface area contributed by atoms with Crippen LogP contribution in [0.4, 0.5) is 0 Å². The van der Waals surface area contributed by atoms with E-state index in [2.05, 4.69) is 22.5 Å². The predicted molar refractivity (Wildman–Crippen MR) is 108 cm³/mol. The molecule has 27 heavy (non-hydrogen) atoms.